The highest BCUT2D eigenvalue weighted by molar-refractivity contribution is 7.47. The van der Waals surface area contributed by atoms with Crippen LogP contribution in [0.3, 0.4) is 0 Å². The molecular formula is C67H124N2O7P+. The maximum atomic E-state index is 13.0. The number of carbonyl (C=O) groups is 1. The van der Waals surface area contributed by atoms with Crippen LogP contribution >= 0.6 is 7.82 Å². The Morgan fingerprint density at radius 3 is 1.23 bits per heavy atom. The fourth-order valence-electron chi connectivity index (χ4n) is 9.19. The number of aliphatic hydroxyl groups excluding tert-OH is 2. The van der Waals surface area contributed by atoms with Gasteiger partial charge in [0.2, 0.25) is 5.91 Å². The Labute approximate surface area is 476 Å². The molecule has 0 bridgehead atoms. The van der Waals surface area contributed by atoms with E-state index in [1.165, 1.54) is 167 Å². The van der Waals surface area contributed by atoms with Gasteiger partial charge in [-0.25, -0.2) is 4.57 Å². The smallest absolute Gasteiger partial charge is 0.390 e. The lowest BCUT2D eigenvalue weighted by molar-refractivity contribution is -0.870. The summed E-state index contributed by atoms with van der Waals surface area (Å²) in [5.41, 5.74) is 0. The molecule has 0 fully saturated rings. The highest BCUT2D eigenvalue weighted by Gasteiger charge is 2.32. The summed E-state index contributed by atoms with van der Waals surface area (Å²) in [7, 11) is 1.41. The van der Waals surface area contributed by atoms with Gasteiger partial charge >= 0.3 is 7.82 Å². The molecule has 4 unspecified atom stereocenters. The average molecular weight is 1100 g/mol. The van der Waals surface area contributed by atoms with Crippen LogP contribution in [-0.4, -0.2) is 84.6 Å². The predicted molar refractivity (Wildman–Crippen MR) is 333 cm³/mol. The molecule has 0 rings (SSSR count). The summed E-state index contributed by atoms with van der Waals surface area (Å²) in [6.45, 7) is 4.44. The second kappa shape index (κ2) is 56.9. The number of phosphoric ester groups is 1. The molecule has 0 aromatic carbocycles. The molecule has 4 N–H and O–H groups in total. The Hall–Kier alpha value is -2.36. The molecule has 0 aliphatic rings. The molecule has 0 aromatic heterocycles. The Kier molecular flexibility index (Phi) is 55.2. The summed E-state index contributed by atoms with van der Waals surface area (Å²) in [5, 5.41) is 24.8. The second-order valence-electron chi connectivity index (χ2n) is 22.9. The molecule has 448 valence electrons. The fraction of sp³-hybridized carbons (Fsp3) is 0.776. The van der Waals surface area contributed by atoms with Gasteiger partial charge in [0, 0.05) is 6.42 Å². The van der Waals surface area contributed by atoms with Gasteiger partial charge in [0.1, 0.15) is 19.3 Å². The first kappa shape index (κ1) is 74.6. The zero-order valence-electron chi connectivity index (χ0n) is 50.8. The van der Waals surface area contributed by atoms with E-state index in [0.717, 1.165) is 77.0 Å². The average Bonchev–Trinajstić information content (AvgIpc) is 3.39. The lowest BCUT2D eigenvalue weighted by atomic mass is 10.0. The first-order valence-electron chi connectivity index (χ1n) is 32.0. The Balaban J connectivity index is 3.93. The molecule has 4 atom stereocenters. The SMILES string of the molecule is CC/C=C\C/C=C\C/C=C\C/C=C\C/C=C\CCCCCCCCCCCCCCCCCCCCCCCCCCCC(=O)NC(COP(=O)(O)OCC[N+](C)(C)C)C(O)C(O)CCC/C=C/CC/C=C/CCCCC. The number of hydrogen-bond donors (Lipinski definition) is 4. The molecule has 0 spiro atoms. The molecule has 10 heteroatoms. The van der Waals surface area contributed by atoms with E-state index < -0.39 is 32.7 Å². The maximum absolute atomic E-state index is 13.0. The van der Waals surface area contributed by atoms with Crippen molar-refractivity contribution in [3.63, 3.8) is 0 Å². The summed E-state index contributed by atoms with van der Waals surface area (Å²) in [6, 6.07) is -1.06. The molecule has 0 radical (unpaired) electrons. The number of phosphoric acid groups is 1. The van der Waals surface area contributed by atoms with Gasteiger partial charge in [-0.3, -0.25) is 13.8 Å². The normalized spacial score (nSPS) is 14.8. The molecule has 0 aliphatic carbocycles. The first-order chi connectivity index (χ1) is 37.4. The van der Waals surface area contributed by atoms with Crippen LogP contribution in [0, 0.1) is 0 Å². The van der Waals surface area contributed by atoms with Crippen molar-refractivity contribution in [3.05, 3.63) is 85.1 Å². The Morgan fingerprint density at radius 1 is 0.468 bits per heavy atom. The number of rotatable bonds is 58. The summed E-state index contributed by atoms with van der Waals surface area (Å²) in [4.78, 5) is 23.3. The third-order valence-corrected chi connectivity index (χ3v) is 15.2. The van der Waals surface area contributed by atoms with Gasteiger partial charge in [0.05, 0.1) is 39.9 Å². The number of likely N-dealkylation sites (N-methyl/N-ethyl adjacent to an activating group) is 1. The molecule has 0 saturated heterocycles. The highest BCUT2D eigenvalue weighted by atomic mass is 31.2. The minimum Gasteiger partial charge on any atom is -0.390 e. The molecule has 0 saturated carbocycles. The van der Waals surface area contributed by atoms with E-state index in [4.69, 9.17) is 9.05 Å². The van der Waals surface area contributed by atoms with Crippen molar-refractivity contribution in [1.82, 2.24) is 5.32 Å². The van der Waals surface area contributed by atoms with Crippen LogP contribution in [-0.2, 0) is 18.4 Å². The van der Waals surface area contributed by atoms with Crippen molar-refractivity contribution in [3.8, 4) is 0 Å². The quantitative estimate of drug-likeness (QED) is 0.0207. The standard InChI is InChI=1S/C67H123N2O7P/c1-6-8-10-12-14-16-18-20-21-22-23-24-25-26-27-28-29-30-31-32-33-34-35-36-37-38-39-40-41-42-43-44-45-46-47-48-50-52-54-56-58-60-66(71)68-64(63-76-77(73,74)75-62-61-69(3,4)5)67(72)65(70)59-57-55-53-51-49-19-17-15-13-11-9-7-2/h8,10,14-17,20-21,23-24,26-27,51,53,64-65,67,70,72H,6-7,9,11-13,18-19,22,25,28-50,52,54-63H2,1-5H3,(H-,68,71,73,74)/p+1/b10-8-,16-14-,17-15+,21-20-,24-23-,27-26-,53-51+. The van der Waals surface area contributed by atoms with E-state index in [0.29, 0.717) is 23.9 Å². The van der Waals surface area contributed by atoms with Crippen LogP contribution in [0.2, 0.25) is 0 Å². The van der Waals surface area contributed by atoms with Gasteiger partial charge < -0.3 is 24.9 Å². The van der Waals surface area contributed by atoms with E-state index in [9.17, 15) is 24.5 Å². The molecular weight excluding hydrogens is 976 g/mol. The van der Waals surface area contributed by atoms with Crippen LogP contribution in [0.15, 0.2) is 85.1 Å². The van der Waals surface area contributed by atoms with E-state index >= 15 is 0 Å². The molecule has 77 heavy (non-hydrogen) atoms. The zero-order valence-corrected chi connectivity index (χ0v) is 51.7. The van der Waals surface area contributed by atoms with E-state index in [1.807, 2.05) is 21.1 Å². The van der Waals surface area contributed by atoms with Crippen LogP contribution < -0.4 is 5.32 Å². The molecule has 1 amide bonds. The Bertz CT molecular complexity index is 1550. The van der Waals surface area contributed by atoms with Crippen LogP contribution in [0.4, 0.5) is 0 Å². The van der Waals surface area contributed by atoms with Crippen molar-refractivity contribution in [2.75, 3.05) is 40.9 Å². The van der Waals surface area contributed by atoms with Gasteiger partial charge in [-0.05, 0) is 96.3 Å². The lowest BCUT2D eigenvalue weighted by Gasteiger charge is -2.28. The van der Waals surface area contributed by atoms with Crippen molar-refractivity contribution in [1.29, 1.82) is 0 Å². The highest BCUT2D eigenvalue weighted by Crippen LogP contribution is 2.43. The second-order valence-corrected chi connectivity index (χ2v) is 24.3. The van der Waals surface area contributed by atoms with Gasteiger partial charge in [-0.2, -0.15) is 0 Å². The number of nitrogens with zero attached hydrogens (tertiary/aromatic N) is 1. The third-order valence-electron chi connectivity index (χ3n) is 14.2. The molecule has 0 aromatic rings. The summed E-state index contributed by atoms with van der Waals surface area (Å²) in [6.07, 6.45) is 77.2. The number of nitrogens with one attached hydrogen (secondary N) is 1. The third kappa shape index (κ3) is 58.1. The largest absolute Gasteiger partial charge is 0.472 e. The van der Waals surface area contributed by atoms with Crippen molar-refractivity contribution in [2.24, 2.45) is 0 Å². The number of allylic oxidation sites excluding steroid dienone is 14. The maximum Gasteiger partial charge on any atom is 0.472 e. The number of carbonyl (C=O) groups excluding carboxylic acids is 1. The van der Waals surface area contributed by atoms with E-state index in [1.54, 1.807) is 0 Å². The number of quaternary nitrogens is 1. The first-order valence-corrected chi connectivity index (χ1v) is 33.5. The van der Waals surface area contributed by atoms with Crippen molar-refractivity contribution >= 4 is 13.7 Å². The topological polar surface area (TPSA) is 125 Å². The van der Waals surface area contributed by atoms with Crippen molar-refractivity contribution < 1.29 is 38.0 Å². The fourth-order valence-corrected chi connectivity index (χ4v) is 9.92. The molecule has 9 nitrogen and oxygen atoms in total. The number of unbranched alkanes of at least 4 members (excludes halogenated alkanes) is 30. The number of amides is 1. The summed E-state index contributed by atoms with van der Waals surface area (Å²) in [5.74, 6) is -0.270. The minimum absolute atomic E-state index is 0.0131. The summed E-state index contributed by atoms with van der Waals surface area (Å²) >= 11 is 0. The van der Waals surface area contributed by atoms with Gasteiger partial charge in [-0.15, -0.1) is 0 Å². The lowest BCUT2D eigenvalue weighted by Crippen LogP contribution is -2.51. The Morgan fingerprint density at radius 2 is 0.818 bits per heavy atom. The van der Waals surface area contributed by atoms with Crippen LogP contribution in [0.5, 0.6) is 0 Å². The van der Waals surface area contributed by atoms with Crippen LogP contribution in [0.1, 0.15) is 277 Å². The van der Waals surface area contributed by atoms with Gasteiger partial charge in [0.15, 0.2) is 0 Å². The zero-order chi connectivity index (χ0) is 56.4. The molecule has 0 heterocycles. The van der Waals surface area contributed by atoms with Gasteiger partial charge in [0.25, 0.3) is 0 Å². The summed E-state index contributed by atoms with van der Waals surface area (Å²) < 4.78 is 23.6. The van der Waals surface area contributed by atoms with Crippen LogP contribution in [0.25, 0.3) is 0 Å². The number of hydrogen-bond acceptors (Lipinski definition) is 6. The van der Waals surface area contributed by atoms with E-state index in [2.05, 4.69) is 104 Å². The van der Waals surface area contributed by atoms with Crippen molar-refractivity contribution in [2.45, 2.75) is 295 Å². The van der Waals surface area contributed by atoms with E-state index in [-0.39, 0.29) is 18.9 Å². The predicted octanol–water partition coefficient (Wildman–Crippen LogP) is 19.0. The number of aliphatic hydroxyl groups is 2. The molecule has 0 aliphatic heterocycles. The monoisotopic (exact) mass is 1100 g/mol. The minimum atomic E-state index is -4.43. The van der Waals surface area contributed by atoms with Gasteiger partial charge in [-0.1, -0.05) is 259 Å².